The molecule has 1 fully saturated rings. The highest BCUT2D eigenvalue weighted by Crippen LogP contribution is 2.32. The summed E-state index contributed by atoms with van der Waals surface area (Å²) >= 11 is 0. The van der Waals surface area contributed by atoms with E-state index in [0.29, 0.717) is 6.04 Å². The molecule has 1 aliphatic rings. The standard InChI is InChI=1S/C16H24N6/c1-4-21-12-17-10-13(21)11-22-9-5-6-15(22)14-7-8-16(19-18-14)20(2)3/h7-8,10,12,15H,4-6,9,11H2,1-3H3. The van der Waals surface area contributed by atoms with Crippen molar-refractivity contribution in [2.45, 2.75) is 38.9 Å². The van der Waals surface area contributed by atoms with Gasteiger partial charge in [-0.05, 0) is 38.4 Å². The molecule has 1 aliphatic heterocycles. The smallest absolute Gasteiger partial charge is 0.150 e. The van der Waals surface area contributed by atoms with Crippen molar-refractivity contribution < 1.29 is 0 Å². The van der Waals surface area contributed by atoms with Crippen molar-refractivity contribution in [2.75, 3.05) is 25.5 Å². The van der Waals surface area contributed by atoms with E-state index in [-0.39, 0.29) is 0 Å². The molecule has 22 heavy (non-hydrogen) atoms. The third-order valence-corrected chi connectivity index (χ3v) is 4.34. The van der Waals surface area contributed by atoms with E-state index in [1.165, 1.54) is 12.1 Å². The normalized spacial score (nSPS) is 18.8. The summed E-state index contributed by atoms with van der Waals surface area (Å²) in [6.07, 6.45) is 6.24. The maximum atomic E-state index is 4.45. The average molecular weight is 300 g/mol. The number of anilines is 1. The largest absolute Gasteiger partial charge is 0.361 e. The number of rotatable bonds is 5. The summed E-state index contributed by atoms with van der Waals surface area (Å²) in [6, 6.07) is 4.53. The lowest BCUT2D eigenvalue weighted by Gasteiger charge is -2.24. The maximum absolute atomic E-state index is 4.45. The second-order valence-electron chi connectivity index (χ2n) is 6.01. The van der Waals surface area contributed by atoms with Crippen LogP contribution in [0.4, 0.5) is 5.82 Å². The van der Waals surface area contributed by atoms with E-state index in [9.17, 15) is 0 Å². The van der Waals surface area contributed by atoms with Gasteiger partial charge < -0.3 is 9.47 Å². The van der Waals surface area contributed by atoms with Crippen LogP contribution in [-0.2, 0) is 13.1 Å². The zero-order chi connectivity index (χ0) is 15.5. The molecular formula is C16H24N6. The van der Waals surface area contributed by atoms with Gasteiger partial charge in [-0.1, -0.05) is 0 Å². The van der Waals surface area contributed by atoms with Gasteiger partial charge in [-0.2, -0.15) is 5.10 Å². The maximum Gasteiger partial charge on any atom is 0.150 e. The van der Waals surface area contributed by atoms with E-state index >= 15 is 0 Å². The second-order valence-corrected chi connectivity index (χ2v) is 6.01. The molecule has 3 heterocycles. The third kappa shape index (κ3) is 2.97. The van der Waals surface area contributed by atoms with Crippen LogP contribution >= 0.6 is 0 Å². The summed E-state index contributed by atoms with van der Waals surface area (Å²) in [6.45, 7) is 5.15. The first-order valence-electron chi connectivity index (χ1n) is 7.93. The Labute approximate surface area is 131 Å². The van der Waals surface area contributed by atoms with Crippen molar-refractivity contribution in [3.63, 3.8) is 0 Å². The van der Waals surface area contributed by atoms with E-state index in [0.717, 1.165) is 37.6 Å². The van der Waals surface area contributed by atoms with Gasteiger partial charge in [0.2, 0.25) is 0 Å². The topological polar surface area (TPSA) is 50.1 Å². The zero-order valence-corrected chi connectivity index (χ0v) is 13.6. The molecule has 6 nitrogen and oxygen atoms in total. The monoisotopic (exact) mass is 300 g/mol. The minimum Gasteiger partial charge on any atom is -0.361 e. The first-order chi connectivity index (χ1) is 10.7. The Kier molecular flexibility index (Phi) is 4.38. The number of aromatic nitrogens is 4. The van der Waals surface area contributed by atoms with Crippen LogP contribution in [0.3, 0.4) is 0 Å². The van der Waals surface area contributed by atoms with Crippen molar-refractivity contribution >= 4 is 5.82 Å². The lowest BCUT2D eigenvalue weighted by molar-refractivity contribution is 0.237. The lowest BCUT2D eigenvalue weighted by Crippen LogP contribution is -2.25. The molecule has 0 spiro atoms. The Balaban J connectivity index is 1.75. The SMILES string of the molecule is CCn1cncc1CN1CCCC1c1ccc(N(C)C)nn1. The van der Waals surface area contributed by atoms with Crippen molar-refractivity contribution in [1.82, 2.24) is 24.6 Å². The van der Waals surface area contributed by atoms with Gasteiger partial charge >= 0.3 is 0 Å². The van der Waals surface area contributed by atoms with Gasteiger partial charge in [-0.15, -0.1) is 5.10 Å². The third-order valence-electron chi connectivity index (χ3n) is 4.34. The summed E-state index contributed by atoms with van der Waals surface area (Å²) in [7, 11) is 3.97. The quantitative estimate of drug-likeness (QED) is 0.846. The highest BCUT2D eigenvalue weighted by atomic mass is 15.3. The van der Waals surface area contributed by atoms with Gasteiger partial charge in [-0.3, -0.25) is 4.90 Å². The van der Waals surface area contributed by atoms with Crippen molar-refractivity contribution in [3.8, 4) is 0 Å². The minimum atomic E-state index is 0.365. The number of hydrogen-bond donors (Lipinski definition) is 0. The van der Waals surface area contributed by atoms with Gasteiger partial charge in [0.1, 0.15) is 0 Å². The van der Waals surface area contributed by atoms with Crippen LogP contribution in [0.2, 0.25) is 0 Å². The molecule has 1 atom stereocenters. The van der Waals surface area contributed by atoms with E-state index in [2.05, 4.69) is 43.7 Å². The fraction of sp³-hybridized carbons (Fsp3) is 0.562. The van der Waals surface area contributed by atoms with Gasteiger partial charge in [-0.25, -0.2) is 4.98 Å². The van der Waals surface area contributed by atoms with E-state index in [1.807, 2.05) is 31.5 Å². The fourth-order valence-electron chi connectivity index (χ4n) is 3.07. The number of hydrogen-bond acceptors (Lipinski definition) is 5. The molecule has 6 heteroatoms. The Morgan fingerprint density at radius 2 is 2.14 bits per heavy atom. The average Bonchev–Trinajstić information content (AvgIpc) is 3.17. The molecule has 0 saturated carbocycles. The van der Waals surface area contributed by atoms with Crippen LogP contribution in [-0.4, -0.2) is 45.3 Å². The predicted molar refractivity (Wildman–Crippen MR) is 86.6 cm³/mol. The Hall–Kier alpha value is -1.95. The molecule has 3 rings (SSSR count). The van der Waals surface area contributed by atoms with Crippen LogP contribution < -0.4 is 4.90 Å². The predicted octanol–water partition coefficient (Wildman–Crippen LogP) is 2.10. The Morgan fingerprint density at radius 3 is 2.82 bits per heavy atom. The fourth-order valence-corrected chi connectivity index (χ4v) is 3.07. The molecule has 2 aromatic rings. The van der Waals surface area contributed by atoms with Gasteiger partial charge in [0.05, 0.1) is 23.8 Å². The van der Waals surface area contributed by atoms with Crippen LogP contribution in [0.1, 0.15) is 37.2 Å². The minimum absolute atomic E-state index is 0.365. The van der Waals surface area contributed by atoms with Crippen molar-refractivity contribution in [3.05, 3.63) is 36.0 Å². The van der Waals surface area contributed by atoms with Crippen LogP contribution in [0.25, 0.3) is 0 Å². The summed E-state index contributed by atoms with van der Waals surface area (Å²) in [5, 5.41) is 8.77. The molecule has 1 saturated heterocycles. The molecule has 0 aliphatic carbocycles. The highest BCUT2D eigenvalue weighted by molar-refractivity contribution is 5.35. The first-order valence-corrected chi connectivity index (χ1v) is 7.93. The number of aryl methyl sites for hydroxylation is 1. The molecule has 1 unspecified atom stereocenters. The Bertz CT molecular complexity index is 603. The van der Waals surface area contributed by atoms with Gasteiger partial charge in [0.15, 0.2) is 5.82 Å². The van der Waals surface area contributed by atoms with Crippen molar-refractivity contribution in [1.29, 1.82) is 0 Å². The van der Waals surface area contributed by atoms with E-state index in [1.54, 1.807) is 0 Å². The molecular weight excluding hydrogens is 276 g/mol. The molecule has 0 radical (unpaired) electrons. The van der Waals surface area contributed by atoms with Crippen LogP contribution in [0.5, 0.6) is 0 Å². The number of likely N-dealkylation sites (tertiary alicyclic amines) is 1. The molecule has 0 aromatic carbocycles. The summed E-state index contributed by atoms with van der Waals surface area (Å²) < 4.78 is 2.20. The molecule has 0 N–H and O–H groups in total. The first kappa shape index (κ1) is 15.0. The highest BCUT2D eigenvalue weighted by Gasteiger charge is 2.28. The van der Waals surface area contributed by atoms with E-state index < -0.39 is 0 Å². The van der Waals surface area contributed by atoms with E-state index in [4.69, 9.17) is 0 Å². The van der Waals surface area contributed by atoms with Crippen LogP contribution in [0, 0.1) is 0 Å². The second kappa shape index (κ2) is 6.44. The Morgan fingerprint density at radius 1 is 1.27 bits per heavy atom. The summed E-state index contributed by atoms with van der Waals surface area (Å²) in [5.41, 5.74) is 2.35. The van der Waals surface area contributed by atoms with Crippen LogP contribution in [0.15, 0.2) is 24.7 Å². The molecule has 118 valence electrons. The lowest BCUT2D eigenvalue weighted by atomic mass is 10.1. The van der Waals surface area contributed by atoms with Gasteiger partial charge in [0, 0.05) is 33.4 Å². The summed E-state index contributed by atoms with van der Waals surface area (Å²) in [4.78, 5) is 8.73. The molecule has 2 aromatic heterocycles. The molecule has 0 amide bonds. The van der Waals surface area contributed by atoms with Crippen molar-refractivity contribution in [2.24, 2.45) is 0 Å². The zero-order valence-electron chi connectivity index (χ0n) is 13.6. The number of imidazole rings is 1. The molecule has 0 bridgehead atoms. The van der Waals surface area contributed by atoms with Gasteiger partial charge in [0.25, 0.3) is 0 Å². The summed E-state index contributed by atoms with van der Waals surface area (Å²) in [5.74, 6) is 0.900. The number of nitrogens with zero attached hydrogens (tertiary/aromatic N) is 6.